The molecule has 1 fully saturated rings. The highest BCUT2D eigenvalue weighted by molar-refractivity contribution is 4.87. The first kappa shape index (κ1) is 11.1. The summed E-state index contributed by atoms with van der Waals surface area (Å²) in [6.45, 7) is -0.530. The molecule has 0 aliphatic carbocycles. The highest BCUT2D eigenvalue weighted by atomic mass is 16.6. The second kappa shape index (κ2) is 3.87. The Hall–Kier alpha value is -1.42. The molecule has 2 heterocycles. The molecule has 9 nitrogen and oxygen atoms in total. The van der Waals surface area contributed by atoms with Crippen LogP contribution in [-0.4, -0.2) is 50.0 Å². The highest BCUT2D eigenvalue weighted by Crippen LogP contribution is 2.27. The Bertz CT molecular complexity index is 474. The number of H-pyrrole nitrogens is 1. The van der Waals surface area contributed by atoms with Crippen molar-refractivity contribution in [3.63, 3.8) is 0 Å². The van der Waals surface area contributed by atoms with Gasteiger partial charge in [-0.05, 0) is 0 Å². The molecule has 4 N–H and O–H groups in total. The summed E-state index contributed by atoms with van der Waals surface area (Å²) in [7, 11) is 0. The third kappa shape index (κ3) is 1.59. The molecule has 1 unspecified atom stereocenters. The van der Waals surface area contributed by atoms with Gasteiger partial charge in [-0.1, -0.05) is 0 Å². The summed E-state index contributed by atoms with van der Waals surface area (Å²) in [5, 5.41) is 27.7. The van der Waals surface area contributed by atoms with Gasteiger partial charge in [-0.15, -0.1) is 4.74 Å². The van der Waals surface area contributed by atoms with E-state index in [1.165, 1.54) is 0 Å². The van der Waals surface area contributed by atoms with Crippen molar-refractivity contribution in [2.24, 2.45) is 0 Å². The Balaban J connectivity index is 2.33. The Kier molecular flexibility index (Phi) is 2.68. The number of aliphatic hydroxyl groups is 3. The fourth-order valence-corrected chi connectivity index (χ4v) is 1.54. The van der Waals surface area contributed by atoms with Crippen molar-refractivity contribution in [3.8, 4) is 0 Å². The minimum atomic E-state index is -1.46. The lowest BCUT2D eigenvalue weighted by atomic mass is 10.1. The Morgan fingerprint density at radius 1 is 1.31 bits per heavy atom. The van der Waals surface area contributed by atoms with Crippen LogP contribution < -0.4 is 11.4 Å². The van der Waals surface area contributed by atoms with Gasteiger partial charge in [-0.2, -0.15) is 0 Å². The molecule has 16 heavy (non-hydrogen) atoms. The van der Waals surface area contributed by atoms with Crippen LogP contribution >= 0.6 is 0 Å². The molecular weight excluding hydrogens is 224 g/mol. The fourth-order valence-electron chi connectivity index (χ4n) is 1.54. The summed E-state index contributed by atoms with van der Waals surface area (Å²) in [6.07, 6.45) is -5.19. The van der Waals surface area contributed by atoms with E-state index in [4.69, 9.17) is 9.84 Å². The predicted molar refractivity (Wildman–Crippen MR) is 46.6 cm³/mol. The molecule has 0 radical (unpaired) electrons. The lowest BCUT2D eigenvalue weighted by molar-refractivity contribution is -0.0902. The van der Waals surface area contributed by atoms with E-state index in [2.05, 4.69) is 4.52 Å². The molecule has 1 aromatic heterocycles. The van der Waals surface area contributed by atoms with Crippen LogP contribution in [0.1, 0.15) is 6.23 Å². The second-order valence-corrected chi connectivity index (χ2v) is 3.36. The molecule has 2 rings (SSSR count). The molecule has 0 bridgehead atoms. The lowest BCUT2D eigenvalue weighted by Gasteiger charge is -2.11. The molecular formula is C7H10N2O7. The average molecular weight is 234 g/mol. The van der Waals surface area contributed by atoms with Crippen molar-refractivity contribution >= 4 is 0 Å². The summed E-state index contributed by atoms with van der Waals surface area (Å²) >= 11 is 0. The predicted octanol–water partition coefficient (Wildman–Crippen LogP) is -3.26. The smallest absolute Gasteiger partial charge is 0.394 e. The van der Waals surface area contributed by atoms with Crippen LogP contribution in [0.15, 0.2) is 14.1 Å². The monoisotopic (exact) mass is 234 g/mol. The number of hydrogen-bond donors (Lipinski definition) is 4. The van der Waals surface area contributed by atoms with Gasteiger partial charge in [0.1, 0.15) is 18.3 Å². The second-order valence-electron chi connectivity index (χ2n) is 3.36. The average Bonchev–Trinajstić information content (AvgIpc) is 2.70. The van der Waals surface area contributed by atoms with Gasteiger partial charge in [-0.25, -0.2) is 14.6 Å². The van der Waals surface area contributed by atoms with Gasteiger partial charge in [0.15, 0.2) is 6.23 Å². The Labute approximate surface area is 87.5 Å². The number of nitrogens with zero attached hydrogens (tertiary/aromatic N) is 1. The van der Waals surface area contributed by atoms with Crippen LogP contribution in [0.4, 0.5) is 0 Å². The number of aromatic nitrogens is 2. The standard InChI is InChI=1S/C7H10N2O7/c10-1-2-3(11)4(12)5(15-2)9-6(13)8-7(14)16-9/h2-5,10-12H,1H2,(H,8,13,14)/t2-,3-,4-,5?/m1/s1. The van der Waals surface area contributed by atoms with Gasteiger partial charge >= 0.3 is 11.4 Å². The van der Waals surface area contributed by atoms with E-state index in [0.717, 1.165) is 0 Å². The van der Waals surface area contributed by atoms with Crippen LogP contribution in [0.5, 0.6) is 0 Å². The number of hydrogen-bond acceptors (Lipinski definition) is 7. The van der Waals surface area contributed by atoms with Crippen LogP contribution in [0.25, 0.3) is 0 Å². The van der Waals surface area contributed by atoms with Crippen molar-refractivity contribution in [3.05, 3.63) is 21.0 Å². The van der Waals surface area contributed by atoms with Crippen molar-refractivity contribution in [1.29, 1.82) is 0 Å². The minimum absolute atomic E-state index is 0.478. The maximum absolute atomic E-state index is 11.2. The van der Waals surface area contributed by atoms with E-state index in [1.807, 2.05) is 0 Å². The van der Waals surface area contributed by atoms with Gasteiger partial charge in [0.25, 0.3) is 0 Å². The van der Waals surface area contributed by atoms with Crippen LogP contribution in [0.3, 0.4) is 0 Å². The van der Waals surface area contributed by atoms with Crippen LogP contribution in [-0.2, 0) is 4.74 Å². The normalized spacial score (nSPS) is 34.4. The molecule has 4 atom stereocenters. The summed E-state index contributed by atoms with van der Waals surface area (Å²) in [6, 6.07) is 0. The van der Waals surface area contributed by atoms with Crippen molar-refractivity contribution in [2.75, 3.05) is 6.61 Å². The van der Waals surface area contributed by atoms with E-state index < -0.39 is 42.6 Å². The summed E-state index contributed by atoms with van der Waals surface area (Å²) < 4.78 is 9.88. The fraction of sp³-hybridized carbons (Fsp3) is 0.714. The minimum Gasteiger partial charge on any atom is -0.394 e. The third-order valence-corrected chi connectivity index (χ3v) is 2.34. The molecule has 1 aromatic rings. The molecule has 0 aromatic carbocycles. The molecule has 0 saturated carbocycles. The van der Waals surface area contributed by atoms with Gasteiger partial charge in [0.05, 0.1) is 6.61 Å². The zero-order chi connectivity index (χ0) is 11.9. The number of rotatable bonds is 2. The van der Waals surface area contributed by atoms with Crippen molar-refractivity contribution < 1.29 is 24.6 Å². The number of aliphatic hydroxyl groups excluding tert-OH is 3. The molecule has 0 spiro atoms. The molecule has 90 valence electrons. The molecule has 1 aliphatic rings. The molecule has 9 heteroatoms. The lowest BCUT2D eigenvalue weighted by Crippen LogP contribution is -2.34. The van der Waals surface area contributed by atoms with Crippen molar-refractivity contribution in [2.45, 2.75) is 24.5 Å². The maximum Gasteiger partial charge on any atom is 0.440 e. The number of ether oxygens (including phenoxy) is 1. The first-order valence-corrected chi connectivity index (χ1v) is 4.49. The van der Waals surface area contributed by atoms with Crippen LogP contribution in [0.2, 0.25) is 0 Å². The SMILES string of the molecule is O=c1[nH]c(=O)n(C2O[C@H](CO)[C@@H](O)[C@H]2O)o1. The van der Waals surface area contributed by atoms with E-state index in [1.54, 1.807) is 4.98 Å². The van der Waals surface area contributed by atoms with E-state index in [-0.39, 0.29) is 0 Å². The van der Waals surface area contributed by atoms with Gasteiger partial charge < -0.3 is 24.6 Å². The molecule has 0 amide bonds. The van der Waals surface area contributed by atoms with E-state index in [9.17, 15) is 19.8 Å². The largest absolute Gasteiger partial charge is 0.440 e. The summed E-state index contributed by atoms with van der Waals surface area (Å²) in [5.74, 6) is -0.997. The maximum atomic E-state index is 11.2. The van der Waals surface area contributed by atoms with Gasteiger partial charge in [-0.3, -0.25) is 0 Å². The van der Waals surface area contributed by atoms with E-state index >= 15 is 0 Å². The third-order valence-electron chi connectivity index (χ3n) is 2.34. The zero-order valence-electron chi connectivity index (χ0n) is 7.94. The first-order valence-electron chi connectivity index (χ1n) is 4.49. The topological polar surface area (TPSA) is 138 Å². The molecule has 1 saturated heterocycles. The highest BCUT2D eigenvalue weighted by Gasteiger charge is 2.45. The Morgan fingerprint density at radius 2 is 2.00 bits per heavy atom. The number of nitrogens with one attached hydrogen (secondary N) is 1. The summed E-state index contributed by atoms with van der Waals surface area (Å²) in [5.41, 5.74) is -0.903. The van der Waals surface area contributed by atoms with Crippen molar-refractivity contribution in [1.82, 2.24) is 9.72 Å². The quantitative estimate of drug-likeness (QED) is 0.421. The number of aromatic amines is 1. The van der Waals surface area contributed by atoms with Gasteiger partial charge in [0.2, 0.25) is 0 Å². The zero-order valence-corrected chi connectivity index (χ0v) is 7.94. The van der Waals surface area contributed by atoms with E-state index in [0.29, 0.717) is 4.74 Å². The Morgan fingerprint density at radius 3 is 2.44 bits per heavy atom. The molecule has 1 aliphatic heterocycles. The van der Waals surface area contributed by atoms with Gasteiger partial charge in [0, 0.05) is 0 Å². The first-order chi connectivity index (χ1) is 7.54. The summed E-state index contributed by atoms with van der Waals surface area (Å²) in [4.78, 5) is 23.7. The van der Waals surface area contributed by atoms with Crippen LogP contribution in [0, 0.1) is 0 Å².